The van der Waals surface area contributed by atoms with Gasteiger partial charge in [-0.05, 0) is 56.1 Å². The molecule has 1 heterocycles. The molecule has 3 N–H and O–H groups in total. The smallest absolute Gasteiger partial charge is 0.160 e. The topological polar surface area (TPSA) is 58.7 Å². The zero-order valence-corrected chi connectivity index (χ0v) is 10.9. The number of methoxy groups -OCH3 is 1. The summed E-state index contributed by atoms with van der Waals surface area (Å²) >= 11 is 0. The van der Waals surface area contributed by atoms with Crippen molar-refractivity contribution in [2.45, 2.75) is 19.4 Å². The monoisotopic (exact) mass is 250 g/mol. The van der Waals surface area contributed by atoms with Gasteiger partial charge < -0.3 is 15.6 Å². The summed E-state index contributed by atoms with van der Waals surface area (Å²) in [4.78, 5) is 2.41. The van der Waals surface area contributed by atoms with Gasteiger partial charge in [0.15, 0.2) is 11.5 Å². The highest BCUT2D eigenvalue weighted by Crippen LogP contribution is 2.27. The van der Waals surface area contributed by atoms with Crippen LogP contribution in [0.25, 0.3) is 0 Å². The maximum absolute atomic E-state index is 9.74. The molecule has 1 saturated heterocycles. The highest BCUT2D eigenvalue weighted by molar-refractivity contribution is 5.41. The van der Waals surface area contributed by atoms with Crippen LogP contribution < -0.4 is 10.5 Å². The molecule has 1 aromatic carbocycles. The molecule has 0 bridgehead atoms. The molecule has 4 nitrogen and oxygen atoms in total. The Morgan fingerprint density at radius 3 is 2.67 bits per heavy atom. The van der Waals surface area contributed by atoms with Crippen molar-refractivity contribution >= 4 is 0 Å². The van der Waals surface area contributed by atoms with Crippen LogP contribution in [0.4, 0.5) is 0 Å². The lowest BCUT2D eigenvalue weighted by molar-refractivity contribution is 0.180. The Bertz CT molecular complexity index is 387. The third-order valence-electron chi connectivity index (χ3n) is 3.69. The zero-order chi connectivity index (χ0) is 13.0. The van der Waals surface area contributed by atoms with E-state index in [1.807, 2.05) is 12.1 Å². The summed E-state index contributed by atoms with van der Waals surface area (Å²) in [6.45, 7) is 3.87. The molecule has 1 aliphatic rings. The second kappa shape index (κ2) is 6.07. The van der Waals surface area contributed by atoms with Crippen molar-refractivity contribution in [3.05, 3.63) is 23.8 Å². The lowest BCUT2D eigenvalue weighted by atomic mass is 9.97. The molecule has 0 aliphatic carbocycles. The number of aromatic hydroxyl groups is 1. The van der Waals surface area contributed by atoms with Crippen LogP contribution in [0.3, 0.4) is 0 Å². The highest BCUT2D eigenvalue weighted by atomic mass is 16.5. The van der Waals surface area contributed by atoms with Crippen LogP contribution in [0.1, 0.15) is 18.4 Å². The van der Waals surface area contributed by atoms with Crippen molar-refractivity contribution in [3.8, 4) is 11.5 Å². The second-order valence-corrected chi connectivity index (χ2v) is 4.96. The van der Waals surface area contributed by atoms with E-state index in [1.54, 1.807) is 13.2 Å². The summed E-state index contributed by atoms with van der Waals surface area (Å²) in [6.07, 6.45) is 2.36. The van der Waals surface area contributed by atoms with Gasteiger partial charge in [0.25, 0.3) is 0 Å². The van der Waals surface area contributed by atoms with Crippen LogP contribution in [0, 0.1) is 5.92 Å². The molecule has 1 aromatic rings. The summed E-state index contributed by atoms with van der Waals surface area (Å²) in [7, 11) is 1.56. The van der Waals surface area contributed by atoms with Gasteiger partial charge in [-0.2, -0.15) is 0 Å². The SMILES string of the molecule is COc1ccc(CN2CCC(CN)CC2)cc1O. The number of piperidine rings is 1. The molecular formula is C14H22N2O2. The first-order valence-electron chi connectivity index (χ1n) is 6.51. The van der Waals surface area contributed by atoms with Crippen LogP contribution in [0.5, 0.6) is 11.5 Å². The van der Waals surface area contributed by atoms with E-state index in [0.29, 0.717) is 11.7 Å². The third kappa shape index (κ3) is 3.15. The van der Waals surface area contributed by atoms with Gasteiger partial charge in [-0.3, -0.25) is 4.90 Å². The molecule has 4 heteroatoms. The summed E-state index contributed by atoms with van der Waals surface area (Å²) in [5.74, 6) is 1.43. The molecule has 18 heavy (non-hydrogen) atoms. The van der Waals surface area contributed by atoms with E-state index < -0.39 is 0 Å². The van der Waals surface area contributed by atoms with Crippen LogP contribution in [-0.4, -0.2) is 36.8 Å². The average Bonchev–Trinajstić information content (AvgIpc) is 2.40. The van der Waals surface area contributed by atoms with E-state index in [9.17, 15) is 5.11 Å². The Morgan fingerprint density at radius 2 is 2.11 bits per heavy atom. The van der Waals surface area contributed by atoms with Crippen molar-refractivity contribution in [2.75, 3.05) is 26.7 Å². The van der Waals surface area contributed by atoms with Gasteiger partial charge in [0.2, 0.25) is 0 Å². The minimum absolute atomic E-state index is 0.215. The molecule has 0 spiro atoms. The second-order valence-electron chi connectivity index (χ2n) is 4.96. The lowest BCUT2D eigenvalue weighted by Gasteiger charge is -2.31. The Hall–Kier alpha value is -1.26. The van der Waals surface area contributed by atoms with Crippen LogP contribution >= 0.6 is 0 Å². The zero-order valence-electron chi connectivity index (χ0n) is 10.9. The molecule has 1 aliphatic heterocycles. The van der Waals surface area contributed by atoms with Crippen LogP contribution in [-0.2, 0) is 6.54 Å². The first-order valence-corrected chi connectivity index (χ1v) is 6.51. The number of hydrogen-bond acceptors (Lipinski definition) is 4. The fourth-order valence-corrected chi connectivity index (χ4v) is 2.47. The number of nitrogens with two attached hydrogens (primary N) is 1. The number of ether oxygens (including phenoxy) is 1. The fourth-order valence-electron chi connectivity index (χ4n) is 2.47. The van der Waals surface area contributed by atoms with Crippen molar-refractivity contribution in [3.63, 3.8) is 0 Å². The largest absolute Gasteiger partial charge is 0.504 e. The molecule has 2 rings (SSSR count). The minimum Gasteiger partial charge on any atom is -0.504 e. The van der Waals surface area contributed by atoms with Gasteiger partial charge in [0.05, 0.1) is 7.11 Å². The van der Waals surface area contributed by atoms with Gasteiger partial charge in [0, 0.05) is 6.54 Å². The fraction of sp³-hybridized carbons (Fsp3) is 0.571. The maximum Gasteiger partial charge on any atom is 0.160 e. The minimum atomic E-state index is 0.215. The number of phenols is 1. The van der Waals surface area contributed by atoms with Gasteiger partial charge in [-0.25, -0.2) is 0 Å². The maximum atomic E-state index is 9.74. The summed E-state index contributed by atoms with van der Waals surface area (Å²) in [5, 5.41) is 9.74. The van der Waals surface area contributed by atoms with Crippen LogP contribution in [0.15, 0.2) is 18.2 Å². The normalized spacial score (nSPS) is 17.9. The van der Waals surface area contributed by atoms with Gasteiger partial charge in [-0.15, -0.1) is 0 Å². The number of rotatable bonds is 4. The molecule has 100 valence electrons. The summed E-state index contributed by atoms with van der Waals surface area (Å²) in [6, 6.07) is 5.61. The predicted octanol–water partition coefficient (Wildman–Crippen LogP) is 1.57. The van der Waals surface area contributed by atoms with E-state index in [4.69, 9.17) is 10.5 Å². The Labute approximate surface area is 108 Å². The molecule has 0 radical (unpaired) electrons. The third-order valence-corrected chi connectivity index (χ3v) is 3.69. The molecule has 0 amide bonds. The van der Waals surface area contributed by atoms with Crippen molar-refractivity contribution < 1.29 is 9.84 Å². The van der Waals surface area contributed by atoms with E-state index in [0.717, 1.165) is 31.7 Å². The number of benzene rings is 1. The van der Waals surface area contributed by atoms with Gasteiger partial charge >= 0.3 is 0 Å². The van der Waals surface area contributed by atoms with Crippen LogP contribution in [0.2, 0.25) is 0 Å². The first kappa shape index (κ1) is 13.2. The Kier molecular flexibility index (Phi) is 4.44. The number of nitrogens with zero attached hydrogens (tertiary/aromatic N) is 1. The van der Waals surface area contributed by atoms with E-state index in [2.05, 4.69) is 4.90 Å². The number of hydrogen-bond donors (Lipinski definition) is 2. The molecule has 0 unspecified atom stereocenters. The molecular weight excluding hydrogens is 228 g/mol. The standard InChI is InChI=1S/C14H22N2O2/c1-18-14-3-2-12(8-13(14)17)10-16-6-4-11(9-15)5-7-16/h2-3,8,11,17H,4-7,9-10,15H2,1H3. The first-order chi connectivity index (χ1) is 8.72. The average molecular weight is 250 g/mol. The number of phenolic OH excluding ortho intramolecular Hbond substituents is 1. The van der Waals surface area contributed by atoms with E-state index in [1.165, 1.54) is 12.8 Å². The van der Waals surface area contributed by atoms with Gasteiger partial charge in [-0.1, -0.05) is 6.07 Å². The Balaban J connectivity index is 1.92. The molecule has 0 aromatic heterocycles. The quantitative estimate of drug-likeness (QED) is 0.851. The van der Waals surface area contributed by atoms with Crippen molar-refractivity contribution in [2.24, 2.45) is 11.7 Å². The molecule has 1 fully saturated rings. The lowest BCUT2D eigenvalue weighted by Crippen LogP contribution is -2.35. The number of likely N-dealkylation sites (tertiary alicyclic amines) is 1. The van der Waals surface area contributed by atoms with Crippen molar-refractivity contribution in [1.82, 2.24) is 4.90 Å². The summed E-state index contributed by atoms with van der Waals surface area (Å²) in [5.41, 5.74) is 6.81. The molecule has 0 atom stereocenters. The highest BCUT2D eigenvalue weighted by Gasteiger charge is 2.18. The summed E-state index contributed by atoms with van der Waals surface area (Å²) < 4.78 is 5.04. The van der Waals surface area contributed by atoms with Gasteiger partial charge in [0.1, 0.15) is 0 Å². The molecule has 0 saturated carbocycles. The van der Waals surface area contributed by atoms with E-state index >= 15 is 0 Å². The predicted molar refractivity (Wildman–Crippen MR) is 71.7 cm³/mol. The van der Waals surface area contributed by atoms with Crippen molar-refractivity contribution in [1.29, 1.82) is 0 Å². The Morgan fingerprint density at radius 1 is 1.39 bits per heavy atom. The van der Waals surface area contributed by atoms with E-state index in [-0.39, 0.29) is 5.75 Å².